The highest BCUT2D eigenvalue weighted by molar-refractivity contribution is 7.89. The van der Waals surface area contributed by atoms with Gasteiger partial charge < -0.3 is 4.57 Å². The summed E-state index contributed by atoms with van der Waals surface area (Å²) in [6.45, 7) is -0.604. The van der Waals surface area contributed by atoms with Crippen LogP contribution in [0.5, 0.6) is 0 Å². The van der Waals surface area contributed by atoms with Gasteiger partial charge in [0.2, 0.25) is 0 Å². The minimum atomic E-state index is -4.08. The zero-order valence-electron chi connectivity index (χ0n) is 12.6. The first-order valence-electron chi connectivity index (χ1n) is 7.13. The maximum absolute atomic E-state index is 12.8. The number of alkyl halides is 1. The molecule has 0 bridgehead atoms. The Hall–Kier alpha value is -3.15. The topological polar surface area (TPSA) is 124 Å². The van der Waals surface area contributed by atoms with Crippen molar-refractivity contribution < 1.29 is 12.8 Å². The molecule has 0 aliphatic carbocycles. The maximum Gasteiger partial charge on any atom is 0.304 e. The standard InChI is InChI=1S/C13H11FN8O2S/c14-1-2-21-7-12(16-8-21)25(23,24)22-13-11(6-19-22)15-5-10(20-13)9-3-17-18-4-9/h3-8H,1-2H2,(H,17,18). The molecule has 0 saturated carbocycles. The van der Waals surface area contributed by atoms with Crippen molar-refractivity contribution in [2.45, 2.75) is 11.6 Å². The highest BCUT2D eigenvalue weighted by Gasteiger charge is 2.24. The number of hydrogen-bond acceptors (Lipinski definition) is 7. The molecule has 10 nitrogen and oxygen atoms in total. The van der Waals surface area contributed by atoms with E-state index in [0.717, 1.165) is 4.09 Å². The third kappa shape index (κ3) is 2.55. The molecule has 12 heteroatoms. The lowest BCUT2D eigenvalue weighted by atomic mass is 10.3. The summed E-state index contributed by atoms with van der Waals surface area (Å²) in [6, 6.07) is 0. The molecule has 25 heavy (non-hydrogen) atoms. The van der Waals surface area contributed by atoms with Gasteiger partial charge in [0.05, 0.1) is 37.2 Å². The summed E-state index contributed by atoms with van der Waals surface area (Å²) >= 11 is 0. The van der Waals surface area contributed by atoms with Gasteiger partial charge in [0.15, 0.2) is 10.7 Å². The predicted molar refractivity (Wildman–Crippen MR) is 83.7 cm³/mol. The second-order valence-electron chi connectivity index (χ2n) is 5.08. The van der Waals surface area contributed by atoms with Gasteiger partial charge in [0.25, 0.3) is 0 Å². The molecule has 0 radical (unpaired) electrons. The molecule has 0 spiro atoms. The van der Waals surface area contributed by atoms with Crippen molar-refractivity contribution in [3.8, 4) is 11.3 Å². The van der Waals surface area contributed by atoms with Crippen LogP contribution >= 0.6 is 0 Å². The number of H-pyrrole nitrogens is 1. The summed E-state index contributed by atoms with van der Waals surface area (Å²) in [6.07, 6.45) is 8.46. The molecule has 4 aromatic rings. The van der Waals surface area contributed by atoms with Gasteiger partial charge in [0.1, 0.15) is 12.2 Å². The van der Waals surface area contributed by atoms with E-state index in [2.05, 4.69) is 30.2 Å². The summed E-state index contributed by atoms with van der Waals surface area (Å²) in [5, 5.41) is 10.1. The van der Waals surface area contributed by atoms with Crippen molar-refractivity contribution in [1.29, 1.82) is 0 Å². The van der Waals surface area contributed by atoms with Gasteiger partial charge in [-0.25, -0.2) is 19.3 Å². The molecular formula is C13H11FN8O2S. The first-order chi connectivity index (χ1) is 12.1. The zero-order valence-corrected chi connectivity index (χ0v) is 13.4. The Bertz CT molecular complexity index is 1130. The highest BCUT2D eigenvalue weighted by atomic mass is 32.2. The number of fused-ring (bicyclic) bond motifs is 1. The zero-order chi connectivity index (χ0) is 17.4. The first-order valence-corrected chi connectivity index (χ1v) is 8.57. The number of nitrogens with one attached hydrogen (secondary N) is 1. The van der Waals surface area contributed by atoms with Gasteiger partial charge in [-0.15, -0.1) is 4.09 Å². The van der Waals surface area contributed by atoms with E-state index in [1.165, 1.54) is 29.5 Å². The lowest BCUT2D eigenvalue weighted by Crippen LogP contribution is -2.15. The van der Waals surface area contributed by atoms with Crippen molar-refractivity contribution in [3.63, 3.8) is 0 Å². The lowest BCUT2D eigenvalue weighted by molar-refractivity contribution is 0.445. The highest BCUT2D eigenvalue weighted by Crippen LogP contribution is 2.20. The quantitative estimate of drug-likeness (QED) is 0.552. The molecule has 0 unspecified atom stereocenters. The van der Waals surface area contributed by atoms with Crippen LogP contribution in [0, 0.1) is 0 Å². The van der Waals surface area contributed by atoms with Crippen LogP contribution in [0.2, 0.25) is 0 Å². The molecule has 4 rings (SSSR count). The molecule has 4 heterocycles. The summed E-state index contributed by atoms with van der Waals surface area (Å²) in [4.78, 5) is 12.3. The lowest BCUT2D eigenvalue weighted by Gasteiger charge is -2.03. The number of hydrogen-bond donors (Lipinski definition) is 1. The Kier molecular flexibility index (Phi) is 3.53. The van der Waals surface area contributed by atoms with Crippen molar-refractivity contribution in [2.24, 2.45) is 0 Å². The van der Waals surface area contributed by atoms with Crippen LogP contribution in [-0.4, -0.2) is 54.0 Å². The van der Waals surface area contributed by atoms with Crippen LogP contribution in [-0.2, 0) is 16.6 Å². The summed E-state index contributed by atoms with van der Waals surface area (Å²) in [5.74, 6) is 0. The molecule has 0 aliphatic heterocycles. The Balaban J connectivity index is 1.83. The Morgan fingerprint density at radius 1 is 1.20 bits per heavy atom. The van der Waals surface area contributed by atoms with E-state index < -0.39 is 16.7 Å². The van der Waals surface area contributed by atoms with Crippen LogP contribution in [0.25, 0.3) is 22.4 Å². The number of aromatic amines is 1. The minimum Gasteiger partial charge on any atom is -0.333 e. The van der Waals surface area contributed by atoms with Crippen LogP contribution in [0.3, 0.4) is 0 Å². The average Bonchev–Trinajstić information content (AvgIpc) is 3.34. The molecule has 4 aromatic heterocycles. The van der Waals surface area contributed by atoms with Crippen molar-refractivity contribution >= 4 is 21.2 Å². The first kappa shape index (κ1) is 15.4. The van der Waals surface area contributed by atoms with Gasteiger partial charge >= 0.3 is 10.0 Å². The number of aromatic nitrogens is 8. The fraction of sp³-hybridized carbons (Fsp3) is 0.154. The van der Waals surface area contributed by atoms with E-state index in [1.807, 2.05) is 0 Å². The maximum atomic E-state index is 12.8. The third-order valence-electron chi connectivity index (χ3n) is 3.49. The molecule has 0 saturated heterocycles. The second kappa shape index (κ2) is 5.73. The average molecular weight is 362 g/mol. The van der Waals surface area contributed by atoms with E-state index in [0.29, 0.717) is 16.8 Å². The van der Waals surface area contributed by atoms with E-state index in [9.17, 15) is 12.8 Å². The van der Waals surface area contributed by atoms with Crippen LogP contribution in [0.1, 0.15) is 0 Å². The summed E-state index contributed by atoms with van der Waals surface area (Å²) in [7, 11) is -4.08. The van der Waals surface area contributed by atoms with E-state index in [-0.39, 0.29) is 17.2 Å². The van der Waals surface area contributed by atoms with Gasteiger partial charge in [-0.1, -0.05) is 0 Å². The molecular weight excluding hydrogens is 351 g/mol. The van der Waals surface area contributed by atoms with E-state index in [1.54, 1.807) is 12.4 Å². The SMILES string of the molecule is O=S(=O)(c1cn(CCF)cn1)n1ncc2ncc(-c3cn[nH]c3)nc21. The fourth-order valence-corrected chi connectivity index (χ4v) is 3.43. The second-order valence-corrected chi connectivity index (χ2v) is 6.80. The van der Waals surface area contributed by atoms with Crippen molar-refractivity contribution in [3.05, 3.63) is 37.3 Å². The van der Waals surface area contributed by atoms with Crippen molar-refractivity contribution in [1.82, 2.24) is 38.9 Å². The van der Waals surface area contributed by atoms with E-state index >= 15 is 0 Å². The fourth-order valence-electron chi connectivity index (χ4n) is 2.27. The molecule has 1 N–H and O–H groups in total. The number of nitrogens with zero attached hydrogens (tertiary/aromatic N) is 7. The monoisotopic (exact) mass is 362 g/mol. The Morgan fingerprint density at radius 3 is 2.84 bits per heavy atom. The smallest absolute Gasteiger partial charge is 0.304 e. The van der Waals surface area contributed by atoms with Gasteiger partial charge in [-0.2, -0.15) is 18.6 Å². The molecule has 0 amide bonds. The summed E-state index contributed by atoms with van der Waals surface area (Å²) < 4.78 is 40.1. The van der Waals surface area contributed by atoms with Gasteiger partial charge in [0, 0.05) is 18.0 Å². The van der Waals surface area contributed by atoms with Crippen LogP contribution < -0.4 is 0 Å². The number of rotatable bonds is 5. The van der Waals surface area contributed by atoms with Crippen LogP contribution in [0.4, 0.5) is 4.39 Å². The summed E-state index contributed by atoms with van der Waals surface area (Å²) in [5.41, 5.74) is 1.49. The molecule has 128 valence electrons. The Morgan fingerprint density at radius 2 is 2.08 bits per heavy atom. The number of aryl methyl sites for hydroxylation is 1. The molecule has 0 aromatic carbocycles. The van der Waals surface area contributed by atoms with Gasteiger partial charge in [-0.05, 0) is 0 Å². The molecule has 0 atom stereocenters. The predicted octanol–water partition coefficient (Wildman–Crippen LogP) is 0.619. The molecule has 0 fully saturated rings. The molecule has 0 aliphatic rings. The van der Waals surface area contributed by atoms with Crippen LogP contribution in [0.15, 0.2) is 42.3 Å². The number of imidazole rings is 1. The Labute approximate surface area is 140 Å². The largest absolute Gasteiger partial charge is 0.333 e. The number of halogens is 1. The normalized spacial score (nSPS) is 12.0. The third-order valence-corrected chi connectivity index (χ3v) is 4.95. The van der Waals surface area contributed by atoms with E-state index in [4.69, 9.17) is 0 Å². The van der Waals surface area contributed by atoms with Crippen molar-refractivity contribution in [2.75, 3.05) is 6.67 Å². The van der Waals surface area contributed by atoms with Gasteiger partial charge in [-0.3, -0.25) is 5.10 Å². The minimum absolute atomic E-state index is 0.0207.